The Morgan fingerprint density at radius 1 is 1.24 bits per heavy atom. The van der Waals surface area contributed by atoms with Gasteiger partial charge in [-0.3, -0.25) is 0 Å². The quantitative estimate of drug-likeness (QED) is 0.273. The first kappa shape index (κ1) is 18.9. The van der Waals surface area contributed by atoms with Crippen molar-refractivity contribution in [3.8, 4) is 0 Å². The maximum absolute atomic E-state index is 11.4. The first-order valence-electron chi connectivity index (χ1n) is 6.77. The van der Waals surface area contributed by atoms with Gasteiger partial charge in [0.2, 0.25) is 0 Å². The molecule has 0 amide bonds. The van der Waals surface area contributed by atoms with Crippen molar-refractivity contribution in [2.75, 3.05) is 12.4 Å². The largest absolute Gasteiger partial charge is 0.423 e. The minimum Gasteiger partial charge on any atom is -0.423 e. The molecule has 0 aliphatic rings. The van der Waals surface area contributed by atoms with Crippen molar-refractivity contribution in [3.63, 3.8) is 0 Å². The van der Waals surface area contributed by atoms with Crippen molar-refractivity contribution in [2.45, 2.75) is 17.9 Å². The van der Waals surface area contributed by atoms with Crippen LogP contribution in [-0.4, -0.2) is 28.6 Å². The lowest BCUT2D eigenvalue weighted by Gasteiger charge is -2.12. The Labute approximate surface area is 148 Å². The van der Waals surface area contributed by atoms with Crippen LogP contribution < -0.4 is 5.63 Å². The van der Waals surface area contributed by atoms with E-state index in [1.165, 1.54) is 27.7 Å². The molecule has 134 valence electrons. The van der Waals surface area contributed by atoms with E-state index in [0.717, 1.165) is 15.8 Å². The summed E-state index contributed by atoms with van der Waals surface area (Å²) in [6.45, 7) is 1.25. The van der Waals surface area contributed by atoms with Crippen LogP contribution in [0.2, 0.25) is 0 Å². The molecule has 0 saturated heterocycles. The lowest BCUT2D eigenvalue weighted by Crippen LogP contribution is -2.26. The van der Waals surface area contributed by atoms with Gasteiger partial charge in [-0.1, -0.05) is 21.6 Å². The molecule has 0 bridgehead atoms. The third kappa shape index (κ3) is 5.83. The zero-order chi connectivity index (χ0) is 18.4. The van der Waals surface area contributed by atoms with Crippen LogP contribution in [0.3, 0.4) is 0 Å². The fraction of sp³-hybridized carbons (Fsp3) is 0.308. The summed E-state index contributed by atoms with van der Waals surface area (Å²) >= 11 is 0. The van der Waals surface area contributed by atoms with Crippen LogP contribution in [0, 0.1) is 27.2 Å². The second-order valence-electron chi connectivity index (χ2n) is 4.74. The SMILES string of the molecule is Cc1cc(=O)oc2cc(SSCC(CO[N+](=O)[O-])O[N+](=O)[O-])ccc12. The van der Waals surface area contributed by atoms with Gasteiger partial charge in [-0.2, -0.15) is 0 Å². The molecular formula is C13H12N2O8S2. The molecule has 0 aliphatic heterocycles. The first-order valence-corrected chi connectivity index (χ1v) is 9.09. The fourth-order valence-electron chi connectivity index (χ4n) is 1.91. The number of hydrogen-bond donors (Lipinski definition) is 0. The molecule has 1 atom stereocenters. The molecular weight excluding hydrogens is 376 g/mol. The molecule has 12 heteroatoms. The molecule has 0 aliphatic carbocycles. The molecule has 25 heavy (non-hydrogen) atoms. The van der Waals surface area contributed by atoms with Crippen molar-refractivity contribution in [3.05, 3.63) is 60.5 Å². The third-order valence-electron chi connectivity index (χ3n) is 2.93. The van der Waals surface area contributed by atoms with Gasteiger partial charge in [-0.25, -0.2) is 4.79 Å². The van der Waals surface area contributed by atoms with E-state index in [4.69, 9.17) is 4.42 Å². The highest BCUT2D eigenvalue weighted by Crippen LogP contribution is 2.34. The van der Waals surface area contributed by atoms with Crippen LogP contribution in [0.4, 0.5) is 0 Å². The average molecular weight is 388 g/mol. The predicted octanol–water partition coefficient (Wildman–Crippen LogP) is 2.63. The number of nitrogens with zero attached hydrogens (tertiary/aromatic N) is 2. The van der Waals surface area contributed by atoms with Crippen LogP contribution in [0.1, 0.15) is 5.56 Å². The van der Waals surface area contributed by atoms with Crippen LogP contribution in [0.5, 0.6) is 0 Å². The first-order chi connectivity index (χ1) is 11.8. The van der Waals surface area contributed by atoms with E-state index in [2.05, 4.69) is 9.68 Å². The summed E-state index contributed by atoms with van der Waals surface area (Å²) < 4.78 is 5.14. The molecule has 1 heterocycles. The molecule has 2 rings (SSSR count). The molecule has 10 nitrogen and oxygen atoms in total. The minimum atomic E-state index is -1.08. The summed E-state index contributed by atoms with van der Waals surface area (Å²) in [4.78, 5) is 41.2. The van der Waals surface area contributed by atoms with Gasteiger partial charge in [0.15, 0.2) is 0 Å². The van der Waals surface area contributed by atoms with Gasteiger partial charge in [0, 0.05) is 22.1 Å². The molecule has 0 fully saturated rings. The predicted molar refractivity (Wildman–Crippen MR) is 90.3 cm³/mol. The average Bonchev–Trinajstić information content (AvgIpc) is 2.51. The van der Waals surface area contributed by atoms with Gasteiger partial charge in [0.1, 0.15) is 18.3 Å². The van der Waals surface area contributed by atoms with Crippen molar-refractivity contribution in [2.24, 2.45) is 0 Å². The van der Waals surface area contributed by atoms with E-state index >= 15 is 0 Å². The zero-order valence-electron chi connectivity index (χ0n) is 12.8. The van der Waals surface area contributed by atoms with Crippen LogP contribution in [0.25, 0.3) is 11.0 Å². The Balaban J connectivity index is 1.99. The highest BCUT2D eigenvalue weighted by Gasteiger charge is 2.16. The Morgan fingerprint density at radius 2 is 2.00 bits per heavy atom. The fourth-order valence-corrected chi connectivity index (χ4v) is 4.08. The molecule has 0 radical (unpaired) electrons. The smallest absolute Gasteiger partial charge is 0.336 e. The number of hydrogen-bond acceptors (Lipinski definition) is 10. The van der Waals surface area contributed by atoms with E-state index in [-0.39, 0.29) is 5.75 Å². The van der Waals surface area contributed by atoms with E-state index in [1.54, 1.807) is 19.1 Å². The van der Waals surface area contributed by atoms with Crippen molar-refractivity contribution >= 4 is 32.6 Å². The minimum absolute atomic E-state index is 0.0787. The topological polar surface area (TPSA) is 135 Å². The maximum atomic E-state index is 11.4. The number of aryl methyl sites for hydroxylation is 1. The monoisotopic (exact) mass is 388 g/mol. The van der Waals surface area contributed by atoms with E-state index < -0.39 is 28.5 Å². The van der Waals surface area contributed by atoms with Crippen molar-refractivity contribution in [1.29, 1.82) is 0 Å². The van der Waals surface area contributed by atoms with E-state index in [9.17, 15) is 25.0 Å². The Morgan fingerprint density at radius 3 is 2.68 bits per heavy atom. The molecule has 0 saturated carbocycles. The maximum Gasteiger partial charge on any atom is 0.336 e. The van der Waals surface area contributed by atoms with Gasteiger partial charge < -0.3 is 14.1 Å². The zero-order valence-corrected chi connectivity index (χ0v) is 14.4. The highest BCUT2D eigenvalue weighted by atomic mass is 33.1. The van der Waals surface area contributed by atoms with Crippen LogP contribution in [0.15, 0.2) is 38.4 Å². The van der Waals surface area contributed by atoms with Gasteiger partial charge in [0.25, 0.3) is 10.2 Å². The third-order valence-corrected chi connectivity index (χ3v) is 5.34. The summed E-state index contributed by atoms with van der Waals surface area (Å²) in [5.74, 6) is 0.0787. The summed E-state index contributed by atoms with van der Waals surface area (Å²) in [5, 5.41) is 19.3. The Hall–Kier alpha value is -2.47. The second-order valence-corrected chi connectivity index (χ2v) is 7.16. The molecule has 0 N–H and O–H groups in total. The van der Waals surface area contributed by atoms with Crippen LogP contribution in [-0.2, 0) is 9.68 Å². The Bertz CT molecular complexity index is 840. The lowest BCUT2D eigenvalue weighted by molar-refractivity contribution is -0.788. The van der Waals surface area contributed by atoms with Gasteiger partial charge in [-0.15, -0.1) is 20.2 Å². The van der Waals surface area contributed by atoms with Gasteiger partial charge in [-0.05, 0) is 30.7 Å². The van der Waals surface area contributed by atoms with E-state index in [1.807, 2.05) is 6.07 Å². The highest BCUT2D eigenvalue weighted by molar-refractivity contribution is 8.76. The van der Waals surface area contributed by atoms with Crippen LogP contribution >= 0.6 is 21.6 Å². The molecule has 1 aromatic heterocycles. The molecule has 1 unspecified atom stereocenters. The summed E-state index contributed by atoms with van der Waals surface area (Å²) in [7, 11) is 2.45. The summed E-state index contributed by atoms with van der Waals surface area (Å²) in [6.07, 6.45) is -1.08. The molecule has 2 aromatic rings. The summed E-state index contributed by atoms with van der Waals surface area (Å²) in [6, 6.07) is 6.69. The standard InChI is InChI=1S/C13H12N2O8S2/c1-8-4-13(16)22-12-5-10(2-3-11(8)12)25-24-7-9(23-15(19)20)6-21-14(17)18/h2-5,9H,6-7H2,1H3. The second kappa shape index (κ2) is 8.58. The number of rotatable bonds is 9. The van der Waals surface area contributed by atoms with Gasteiger partial charge >= 0.3 is 5.63 Å². The number of benzene rings is 1. The molecule has 1 aromatic carbocycles. The summed E-state index contributed by atoms with van der Waals surface area (Å²) in [5.41, 5.74) is 0.786. The normalized spacial score (nSPS) is 11.9. The number of fused-ring (bicyclic) bond motifs is 1. The van der Waals surface area contributed by atoms with Gasteiger partial charge in [0.05, 0.1) is 0 Å². The van der Waals surface area contributed by atoms with Crippen molar-refractivity contribution < 1.29 is 24.3 Å². The van der Waals surface area contributed by atoms with Crippen molar-refractivity contribution in [1.82, 2.24) is 0 Å². The van der Waals surface area contributed by atoms with E-state index in [0.29, 0.717) is 5.58 Å². The molecule has 0 spiro atoms. The Kier molecular flexibility index (Phi) is 6.47. The lowest BCUT2D eigenvalue weighted by atomic mass is 10.1.